The lowest BCUT2D eigenvalue weighted by atomic mass is 9.87. The standard InChI is InChI=1S/C28H32N4O5/c1-16-30-26(37-31-16)23-13-22(23)25(33)29-14-18-8-9-20(17-6-5-7-19(12-17)36-4)21-10-11-32(15-24(18)21)27(34)28(2,3)35/h5-9,12,22-23,35H,10-11,13-15H2,1-4H3,(H,29,33)/t22?,23-/m0/s1. The Kier molecular flexibility index (Phi) is 6.49. The van der Waals surface area contributed by atoms with E-state index in [9.17, 15) is 14.7 Å². The van der Waals surface area contributed by atoms with E-state index in [0.29, 0.717) is 44.2 Å². The first kappa shape index (κ1) is 25.0. The van der Waals surface area contributed by atoms with Crippen molar-refractivity contribution in [3.63, 3.8) is 0 Å². The topological polar surface area (TPSA) is 118 Å². The van der Waals surface area contributed by atoms with Crippen LogP contribution in [0.25, 0.3) is 11.1 Å². The summed E-state index contributed by atoms with van der Waals surface area (Å²) in [5.74, 6) is 1.27. The van der Waals surface area contributed by atoms with Gasteiger partial charge in [0.05, 0.1) is 18.9 Å². The Bertz CT molecular complexity index is 1340. The van der Waals surface area contributed by atoms with Gasteiger partial charge < -0.3 is 24.6 Å². The maximum Gasteiger partial charge on any atom is 0.254 e. The number of hydrogen-bond donors (Lipinski definition) is 2. The summed E-state index contributed by atoms with van der Waals surface area (Å²) in [6, 6.07) is 12.0. The molecule has 2 N–H and O–H groups in total. The normalized spacial score (nSPS) is 18.8. The van der Waals surface area contributed by atoms with Crippen molar-refractivity contribution >= 4 is 11.8 Å². The molecule has 1 saturated carbocycles. The van der Waals surface area contributed by atoms with Gasteiger partial charge >= 0.3 is 0 Å². The first-order chi connectivity index (χ1) is 17.7. The highest BCUT2D eigenvalue weighted by Gasteiger charge is 2.47. The molecule has 1 fully saturated rings. The molecule has 9 nitrogen and oxygen atoms in total. The maximum absolute atomic E-state index is 12.9. The summed E-state index contributed by atoms with van der Waals surface area (Å²) in [6.45, 7) is 6.00. The Morgan fingerprint density at radius 3 is 2.76 bits per heavy atom. The Labute approximate surface area is 215 Å². The number of benzene rings is 2. The number of rotatable bonds is 7. The van der Waals surface area contributed by atoms with Gasteiger partial charge in [-0.2, -0.15) is 4.98 Å². The van der Waals surface area contributed by atoms with E-state index < -0.39 is 5.60 Å². The van der Waals surface area contributed by atoms with Crippen molar-refractivity contribution < 1.29 is 24.0 Å². The fourth-order valence-corrected chi connectivity index (χ4v) is 5.06. The van der Waals surface area contributed by atoms with Crippen LogP contribution in [0.5, 0.6) is 5.75 Å². The van der Waals surface area contributed by atoms with Gasteiger partial charge in [0.15, 0.2) is 5.82 Å². The van der Waals surface area contributed by atoms with Crippen LogP contribution >= 0.6 is 0 Å². The zero-order valence-corrected chi connectivity index (χ0v) is 21.6. The number of aliphatic hydroxyl groups is 1. The van der Waals surface area contributed by atoms with Crippen molar-refractivity contribution in [3.05, 3.63) is 64.8 Å². The predicted molar refractivity (Wildman–Crippen MR) is 136 cm³/mol. The highest BCUT2D eigenvalue weighted by molar-refractivity contribution is 5.85. The summed E-state index contributed by atoms with van der Waals surface area (Å²) < 4.78 is 10.7. The summed E-state index contributed by atoms with van der Waals surface area (Å²) in [5, 5.41) is 17.2. The van der Waals surface area contributed by atoms with Crippen molar-refractivity contribution in [1.82, 2.24) is 20.4 Å². The molecule has 1 aliphatic carbocycles. The fraction of sp³-hybridized carbons (Fsp3) is 0.429. The van der Waals surface area contributed by atoms with Crippen LogP contribution in [0, 0.1) is 12.8 Å². The molecule has 2 amide bonds. The van der Waals surface area contributed by atoms with Crippen molar-refractivity contribution in [2.24, 2.45) is 5.92 Å². The number of nitrogens with zero attached hydrogens (tertiary/aromatic N) is 3. The molecule has 0 saturated heterocycles. The third-order valence-electron chi connectivity index (χ3n) is 7.14. The number of nitrogens with one attached hydrogen (secondary N) is 1. The average molecular weight is 505 g/mol. The van der Waals surface area contributed by atoms with E-state index in [2.05, 4.69) is 21.5 Å². The summed E-state index contributed by atoms with van der Waals surface area (Å²) in [4.78, 5) is 31.7. The second kappa shape index (κ2) is 9.63. The van der Waals surface area contributed by atoms with Gasteiger partial charge in [0, 0.05) is 19.6 Å². The van der Waals surface area contributed by atoms with E-state index in [4.69, 9.17) is 9.26 Å². The summed E-state index contributed by atoms with van der Waals surface area (Å²) >= 11 is 0. The quantitative estimate of drug-likeness (QED) is 0.508. The van der Waals surface area contributed by atoms with Crippen LogP contribution in [0.15, 0.2) is 40.9 Å². The molecule has 0 spiro atoms. The first-order valence-electron chi connectivity index (χ1n) is 12.5. The Morgan fingerprint density at radius 2 is 2.05 bits per heavy atom. The average Bonchev–Trinajstić information content (AvgIpc) is 3.58. The smallest absolute Gasteiger partial charge is 0.254 e. The molecule has 0 radical (unpaired) electrons. The molecule has 5 rings (SSSR count). The minimum Gasteiger partial charge on any atom is -0.497 e. The maximum atomic E-state index is 12.9. The van der Waals surface area contributed by atoms with E-state index in [1.165, 1.54) is 13.8 Å². The lowest BCUT2D eigenvalue weighted by molar-refractivity contribution is -0.148. The van der Waals surface area contributed by atoms with Gasteiger partial charge in [-0.25, -0.2) is 0 Å². The number of methoxy groups -OCH3 is 1. The minimum atomic E-state index is -1.45. The zero-order valence-electron chi connectivity index (χ0n) is 21.6. The van der Waals surface area contributed by atoms with Crippen molar-refractivity contribution in [2.75, 3.05) is 13.7 Å². The van der Waals surface area contributed by atoms with Crippen LogP contribution in [0.1, 0.15) is 54.6 Å². The highest BCUT2D eigenvalue weighted by atomic mass is 16.5. The van der Waals surface area contributed by atoms with Crippen molar-refractivity contribution in [1.29, 1.82) is 0 Å². The number of aryl methyl sites for hydroxylation is 1. The number of amides is 2. The lowest BCUT2D eigenvalue weighted by Crippen LogP contribution is -2.47. The van der Waals surface area contributed by atoms with Gasteiger partial charge in [-0.05, 0) is 73.6 Å². The van der Waals surface area contributed by atoms with Gasteiger partial charge in [-0.1, -0.05) is 29.4 Å². The fourth-order valence-electron chi connectivity index (χ4n) is 5.06. The molecule has 1 unspecified atom stereocenters. The lowest BCUT2D eigenvalue weighted by Gasteiger charge is -2.35. The number of ether oxygens (including phenoxy) is 1. The van der Waals surface area contributed by atoms with Crippen LogP contribution < -0.4 is 10.1 Å². The number of carbonyl (C=O) groups excluding carboxylic acids is 2. The minimum absolute atomic E-state index is 0.0366. The number of hydrogen-bond acceptors (Lipinski definition) is 7. The van der Waals surface area contributed by atoms with Gasteiger partial charge in [-0.15, -0.1) is 0 Å². The number of aromatic nitrogens is 2. The summed E-state index contributed by atoms with van der Waals surface area (Å²) in [6.07, 6.45) is 1.33. The van der Waals surface area contributed by atoms with Crippen LogP contribution in [-0.4, -0.2) is 51.2 Å². The van der Waals surface area contributed by atoms with E-state index in [1.807, 2.05) is 30.3 Å². The summed E-state index contributed by atoms with van der Waals surface area (Å²) in [7, 11) is 1.64. The predicted octanol–water partition coefficient (Wildman–Crippen LogP) is 3.13. The second-order valence-electron chi connectivity index (χ2n) is 10.3. The molecule has 1 aliphatic heterocycles. The largest absolute Gasteiger partial charge is 0.497 e. The van der Waals surface area contributed by atoms with E-state index in [1.54, 1.807) is 18.9 Å². The van der Waals surface area contributed by atoms with E-state index in [0.717, 1.165) is 33.6 Å². The third kappa shape index (κ3) is 5.09. The number of fused-ring (bicyclic) bond motifs is 1. The Morgan fingerprint density at radius 1 is 1.24 bits per heavy atom. The molecular weight excluding hydrogens is 472 g/mol. The molecule has 37 heavy (non-hydrogen) atoms. The molecule has 3 aromatic rings. The molecule has 2 heterocycles. The Balaban J connectivity index is 1.40. The van der Waals surface area contributed by atoms with Crippen molar-refractivity contribution in [3.8, 4) is 16.9 Å². The van der Waals surface area contributed by atoms with E-state index in [-0.39, 0.29) is 23.7 Å². The van der Waals surface area contributed by atoms with Gasteiger partial charge in [-0.3, -0.25) is 9.59 Å². The monoisotopic (exact) mass is 504 g/mol. The van der Waals surface area contributed by atoms with Crippen LogP contribution in [0.3, 0.4) is 0 Å². The molecule has 2 aromatic carbocycles. The second-order valence-corrected chi connectivity index (χ2v) is 10.3. The summed E-state index contributed by atoms with van der Waals surface area (Å²) in [5.41, 5.74) is 3.76. The molecule has 2 atom stereocenters. The highest BCUT2D eigenvalue weighted by Crippen LogP contribution is 2.47. The number of carbonyl (C=O) groups is 2. The molecule has 2 aliphatic rings. The van der Waals surface area contributed by atoms with Gasteiger partial charge in [0.25, 0.3) is 5.91 Å². The van der Waals surface area contributed by atoms with Gasteiger partial charge in [0.1, 0.15) is 11.4 Å². The zero-order chi connectivity index (χ0) is 26.3. The third-order valence-corrected chi connectivity index (χ3v) is 7.14. The molecule has 0 bridgehead atoms. The SMILES string of the molecule is COc1cccc(-c2ccc(CNC(=O)C3C[C@@H]3c3nc(C)no3)c3c2CCN(C(=O)C(C)(C)O)C3)c1. The van der Waals surface area contributed by atoms with Gasteiger partial charge in [0.2, 0.25) is 11.8 Å². The molecule has 194 valence electrons. The van der Waals surface area contributed by atoms with Crippen LogP contribution in [0.4, 0.5) is 0 Å². The first-order valence-corrected chi connectivity index (χ1v) is 12.5. The van der Waals surface area contributed by atoms with E-state index >= 15 is 0 Å². The molecular formula is C28H32N4O5. The molecule has 1 aromatic heterocycles. The Hall–Kier alpha value is -3.72. The molecule has 9 heteroatoms. The van der Waals surface area contributed by atoms with Crippen molar-refractivity contribution in [2.45, 2.75) is 58.2 Å². The van der Waals surface area contributed by atoms with Crippen LogP contribution in [-0.2, 0) is 29.1 Å². The van der Waals surface area contributed by atoms with Crippen LogP contribution in [0.2, 0.25) is 0 Å².